The van der Waals surface area contributed by atoms with Crippen LogP contribution in [0, 0.1) is 5.82 Å². The number of hydrogen-bond acceptors (Lipinski definition) is 3. The topological polar surface area (TPSA) is 59.1 Å². The van der Waals surface area contributed by atoms with Crippen LogP contribution in [-0.2, 0) is 10.0 Å². The number of sulfonamides is 1. The van der Waals surface area contributed by atoms with E-state index in [0.29, 0.717) is 6.42 Å². The summed E-state index contributed by atoms with van der Waals surface area (Å²) in [5.74, 6) is -0.491. The Morgan fingerprint density at radius 1 is 1.18 bits per heavy atom. The van der Waals surface area contributed by atoms with Gasteiger partial charge in [0.15, 0.2) is 0 Å². The Labute approximate surface area is 130 Å². The third kappa shape index (κ3) is 4.61. The van der Waals surface area contributed by atoms with Gasteiger partial charge in [-0.3, -0.25) is 4.98 Å². The maximum atomic E-state index is 13.1. The molecule has 0 fully saturated rings. The molecule has 1 atom stereocenters. The monoisotopic (exact) mass is 322 g/mol. The molecule has 0 amide bonds. The van der Waals surface area contributed by atoms with Crippen molar-refractivity contribution in [2.45, 2.75) is 19.3 Å². The molecule has 2 aromatic rings. The van der Waals surface area contributed by atoms with E-state index in [1.807, 2.05) is 19.1 Å². The SMILES string of the molecule is CCCS(=O)(=O)NCC(c1ccc(F)cc1)c1ccccn1. The quantitative estimate of drug-likeness (QED) is 0.852. The predicted octanol–water partition coefficient (Wildman–Crippen LogP) is 2.68. The zero-order valence-corrected chi connectivity index (χ0v) is 13.2. The first kappa shape index (κ1) is 16.6. The van der Waals surface area contributed by atoms with Gasteiger partial charge in [-0.15, -0.1) is 0 Å². The highest BCUT2D eigenvalue weighted by molar-refractivity contribution is 7.89. The van der Waals surface area contributed by atoms with Gasteiger partial charge in [0.1, 0.15) is 5.82 Å². The van der Waals surface area contributed by atoms with Crippen molar-refractivity contribution in [3.8, 4) is 0 Å². The Kier molecular flexibility index (Phi) is 5.63. The fourth-order valence-corrected chi connectivity index (χ4v) is 3.32. The zero-order valence-electron chi connectivity index (χ0n) is 12.4. The summed E-state index contributed by atoms with van der Waals surface area (Å²) in [6.07, 6.45) is 2.21. The van der Waals surface area contributed by atoms with Gasteiger partial charge in [-0.25, -0.2) is 17.5 Å². The number of pyridine rings is 1. The Bertz CT molecular complexity index is 688. The lowest BCUT2D eigenvalue weighted by Gasteiger charge is -2.18. The number of aromatic nitrogens is 1. The molecule has 0 saturated heterocycles. The Balaban J connectivity index is 2.25. The zero-order chi connectivity index (χ0) is 16.0. The van der Waals surface area contributed by atoms with Crippen molar-refractivity contribution in [2.75, 3.05) is 12.3 Å². The molecular formula is C16H19FN2O2S. The first-order valence-electron chi connectivity index (χ1n) is 7.15. The molecular weight excluding hydrogens is 303 g/mol. The number of hydrogen-bond donors (Lipinski definition) is 1. The molecule has 1 N–H and O–H groups in total. The van der Waals surface area contributed by atoms with Gasteiger partial charge in [0.2, 0.25) is 10.0 Å². The Morgan fingerprint density at radius 3 is 2.50 bits per heavy atom. The van der Waals surface area contributed by atoms with Crippen molar-refractivity contribution >= 4 is 10.0 Å². The van der Waals surface area contributed by atoms with Gasteiger partial charge >= 0.3 is 0 Å². The molecule has 6 heteroatoms. The van der Waals surface area contributed by atoms with E-state index in [1.54, 1.807) is 24.4 Å². The normalized spacial score (nSPS) is 13.0. The van der Waals surface area contributed by atoms with E-state index in [-0.39, 0.29) is 24.0 Å². The summed E-state index contributed by atoms with van der Waals surface area (Å²) in [5, 5.41) is 0. The maximum absolute atomic E-state index is 13.1. The summed E-state index contributed by atoms with van der Waals surface area (Å²) in [6, 6.07) is 11.5. The highest BCUT2D eigenvalue weighted by atomic mass is 32.2. The van der Waals surface area contributed by atoms with Gasteiger partial charge in [-0.05, 0) is 36.2 Å². The van der Waals surface area contributed by atoms with E-state index in [2.05, 4.69) is 9.71 Å². The fourth-order valence-electron chi connectivity index (χ4n) is 2.22. The lowest BCUT2D eigenvalue weighted by Crippen LogP contribution is -2.31. The van der Waals surface area contributed by atoms with Crippen LogP contribution in [0.3, 0.4) is 0 Å². The number of nitrogens with zero attached hydrogens (tertiary/aromatic N) is 1. The van der Waals surface area contributed by atoms with Crippen molar-refractivity contribution in [2.24, 2.45) is 0 Å². The van der Waals surface area contributed by atoms with Crippen LogP contribution in [0.4, 0.5) is 4.39 Å². The van der Waals surface area contributed by atoms with Crippen LogP contribution in [0.15, 0.2) is 48.7 Å². The number of benzene rings is 1. The van der Waals surface area contributed by atoms with Crippen LogP contribution in [0.25, 0.3) is 0 Å². The van der Waals surface area contributed by atoms with Crippen LogP contribution in [0.1, 0.15) is 30.5 Å². The number of rotatable bonds is 7. The Hall–Kier alpha value is -1.79. The number of halogens is 1. The molecule has 0 spiro atoms. The van der Waals surface area contributed by atoms with Crippen molar-refractivity contribution in [3.05, 3.63) is 65.7 Å². The fraction of sp³-hybridized carbons (Fsp3) is 0.312. The summed E-state index contributed by atoms with van der Waals surface area (Å²) in [4.78, 5) is 4.30. The van der Waals surface area contributed by atoms with Gasteiger partial charge in [-0.1, -0.05) is 25.1 Å². The van der Waals surface area contributed by atoms with Crippen LogP contribution < -0.4 is 4.72 Å². The summed E-state index contributed by atoms with van der Waals surface area (Å²) in [7, 11) is -3.30. The van der Waals surface area contributed by atoms with Crippen LogP contribution in [0.2, 0.25) is 0 Å². The van der Waals surface area contributed by atoms with Crippen LogP contribution >= 0.6 is 0 Å². The standard InChI is InChI=1S/C16H19FN2O2S/c1-2-11-22(20,21)19-12-15(16-5-3-4-10-18-16)13-6-8-14(17)9-7-13/h3-10,15,19H,2,11-12H2,1H3. The first-order chi connectivity index (χ1) is 10.5. The third-order valence-corrected chi connectivity index (χ3v) is 4.85. The molecule has 1 aromatic carbocycles. The lowest BCUT2D eigenvalue weighted by atomic mass is 9.95. The molecule has 1 unspecified atom stereocenters. The molecule has 1 aromatic heterocycles. The molecule has 0 aliphatic rings. The Morgan fingerprint density at radius 2 is 1.91 bits per heavy atom. The van der Waals surface area contributed by atoms with E-state index < -0.39 is 10.0 Å². The van der Waals surface area contributed by atoms with Crippen molar-refractivity contribution in [3.63, 3.8) is 0 Å². The van der Waals surface area contributed by atoms with E-state index in [0.717, 1.165) is 11.3 Å². The van der Waals surface area contributed by atoms with Gasteiger partial charge in [-0.2, -0.15) is 0 Å². The minimum Gasteiger partial charge on any atom is -0.261 e. The van der Waals surface area contributed by atoms with Crippen molar-refractivity contribution in [1.29, 1.82) is 0 Å². The van der Waals surface area contributed by atoms with E-state index in [9.17, 15) is 12.8 Å². The largest absolute Gasteiger partial charge is 0.261 e. The molecule has 0 radical (unpaired) electrons. The highest BCUT2D eigenvalue weighted by Crippen LogP contribution is 2.22. The molecule has 0 saturated carbocycles. The molecule has 0 aliphatic carbocycles. The van der Waals surface area contributed by atoms with E-state index in [1.165, 1.54) is 12.1 Å². The van der Waals surface area contributed by atoms with Gasteiger partial charge in [0.05, 0.1) is 5.75 Å². The second kappa shape index (κ2) is 7.47. The summed E-state index contributed by atoms with van der Waals surface area (Å²) in [5.41, 5.74) is 1.56. The van der Waals surface area contributed by atoms with Gasteiger partial charge in [0, 0.05) is 24.4 Å². The molecule has 118 valence electrons. The summed E-state index contributed by atoms with van der Waals surface area (Å²) < 4.78 is 39.4. The molecule has 2 rings (SSSR count). The van der Waals surface area contributed by atoms with E-state index in [4.69, 9.17) is 0 Å². The third-order valence-electron chi connectivity index (χ3n) is 3.30. The summed E-state index contributed by atoms with van der Waals surface area (Å²) >= 11 is 0. The van der Waals surface area contributed by atoms with Crippen LogP contribution in [0.5, 0.6) is 0 Å². The van der Waals surface area contributed by atoms with E-state index >= 15 is 0 Å². The molecule has 22 heavy (non-hydrogen) atoms. The molecule has 1 heterocycles. The minimum atomic E-state index is -3.30. The predicted molar refractivity (Wildman–Crippen MR) is 84.6 cm³/mol. The van der Waals surface area contributed by atoms with Gasteiger partial charge in [0.25, 0.3) is 0 Å². The molecule has 4 nitrogen and oxygen atoms in total. The second-order valence-electron chi connectivity index (χ2n) is 5.03. The molecule has 0 bridgehead atoms. The lowest BCUT2D eigenvalue weighted by molar-refractivity contribution is 0.575. The number of nitrogens with one attached hydrogen (secondary N) is 1. The first-order valence-corrected chi connectivity index (χ1v) is 8.81. The minimum absolute atomic E-state index is 0.0886. The van der Waals surface area contributed by atoms with Crippen molar-refractivity contribution in [1.82, 2.24) is 9.71 Å². The second-order valence-corrected chi connectivity index (χ2v) is 6.95. The average molecular weight is 322 g/mol. The average Bonchev–Trinajstić information content (AvgIpc) is 2.50. The smallest absolute Gasteiger partial charge is 0.211 e. The summed E-state index contributed by atoms with van der Waals surface area (Å²) in [6.45, 7) is 2.01. The van der Waals surface area contributed by atoms with Gasteiger partial charge < -0.3 is 0 Å². The maximum Gasteiger partial charge on any atom is 0.211 e. The van der Waals surface area contributed by atoms with Crippen LogP contribution in [-0.4, -0.2) is 25.7 Å². The highest BCUT2D eigenvalue weighted by Gasteiger charge is 2.18. The van der Waals surface area contributed by atoms with Crippen molar-refractivity contribution < 1.29 is 12.8 Å². The molecule has 0 aliphatic heterocycles.